The largest absolute Gasteiger partial charge is 0.465 e. The third-order valence-corrected chi connectivity index (χ3v) is 1.81. The minimum Gasteiger partial charge on any atom is -0.465 e. The number of rotatable bonds is 1. The number of aromatic nitrogens is 1. The van der Waals surface area contributed by atoms with Gasteiger partial charge in [0.25, 0.3) is 0 Å². The van der Waals surface area contributed by atoms with Crippen LogP contribution in [0.3, 0.4) is 0 Å². The Morgan fingerprint density at radius 1 is 1.90 bits per heavy atom. The lowest BCUT2D eigenvalue weighted by molar-refractivity contribution is 0.210. The van der Waals surface area contributed by atoms with Gasteiger partial charge in [-0.1, -0.05) is 0 Å². The van der Waals surface area contributed by atoms with Crippen molar-refractivity contribution in [3.63, 3.8) is 0 Å². The van der Waals surface area contributed by atoms with Gasteiger partial charge >= 0.3 is 6.09 Å². The van der Waals surface area contributed by atoms with Crippen molar-refractivity contribution in [2.45, 2.75) is 6.92 Å². The van der Waals surface area contributed by atoms with Crippen LogP contribution in [0.2, 0.25) is 0 Å². The number of anilines is 1. The second kappa shape index (κ2) is 2.66. The zero-order valence-corrected chi connectivity index (χ0v) is 6.10. The molecule has 1 aromatic rings. The summed E-state index contributed by atoms with van der Waals surface area (Å²) in [5, 5.41) is 11.1. The zero-order valence-electron chi connectivity index (χ0n) is 5.29. The molecular weight excluding hydrogens is 152 g/mol. The van der Waals surface area contributed by atoms with Crippen LogP contribution in [0.15, 0.2) is 5.51 Å². The van der Waals surface area contributed by atoms with Crippen molar-refractivity contribution >= 4 is 22.4 Å². The Morgan fingerprint density at radius 2 is 2.60 bits per heavy atom. The van der Waals surface area contributed by atoms with Crippen molar-refractivity contribution < 1.29 is 9.90 Å². The molecule has 1 heterocycles. The van der Waals surface area contributed by atoms with Crippen LogP contribution in [0, 0.1) is 6.92 Å². The first-order chi connectivity index (χ1) is 4.70. The summed E-state index contributed by atoms with van der Waals surface area (Å²) in [6, 6.07) is 0. The molecule has 0 saturated carbocycles. The lowest BCUT2D eigenvalue weighted by Gasteiger charge is -1.94. The Bertz CT molecular complexity index is 246. The van der Waals surface area contributed by atoms with E-state index in [0.29, 0.717) is 10.7 Å². The number of carboxylic acid groups (broad SMARTS) is 1. The van der Waals surface area contributed by atoms with E-state index >= 15 is 0 Å². The normalized spacial score (nSPS) is 9.30. The maximum Gasteiger partial charge on any atom is 0.409 e. The average molecular weight is 158 g/mol. The summed E-state index contributed by atoms with van der Waals surface area (Å²) in [5.41, 5.74) is 2.31. The topological polar surface area (TPSA) is 62.2 Å². The number of nitrogens with one attached hydrogen (secondary N) is 1. The Kier molecular flexibility index (Phi) is 1.86. The minimum absolute atomic E-state index is 0.590. The molecule has 0 atom stereocenters. The minimum atomic E-state index is -1.05. The lowest BCUT2D eigenvalue weighted by Crippen LogP contribution is -2.06. The summed E-state index contributed by atoms with van der Waals surface area (Å²) in [6.07, 6.45) is -1.05. The number of thiazole rings is 1. The third kappa shape index (κ3) is 1.44. The Morgan fingerprint density at radius 3 is 3.00 bits per heavy atom. The summed E-state index contributed by atoms with van der Waals surface area (Å²) in [4.78, 5) is 13.9. The molecule has 4 nitrogen and oxygen atoms in total. The van der Waals surface area contributed by atoms with Gasteiger partial charge in [-0.15, -0.1) is 11.3 Å². The van der Waals surface area contributed by atoms with E-state index in [9.17, 15) is 4.79 Å². The molecule has 5 heteroatoms. The van der Waals surface area contributed by atoms with E-state index in [4.69, 9.17) is 5.11 Å². The molecular formula is C5H6N2O2S. The van der Waals surface area contributed by atoms with Crippen LogP contribution in [0.1, 0.15) is 5.69 Å². The molecule has 0 bridgehead atoms. The number of hydrogen-bond acceptors (Lipinski definition) is 3. The van der Waals surface area contributed by atoms with E-state index in [1.54, 1.807) is 12.4 Å². The van der Waals surface area contributed by atoms with Gasteiger partial charge in [-0.05, 0) is 6.92 Å². The number of hydrogen-bond donors (Lipinski definition) is 2. The van der Waals surface area contributed by atoms with Crippen molar-refractivity contribution in [2.24, 2.45) is 0 Å². The standard InChI is InChI=1S/C5H6N2O2S/c1-3-4(7-5(8)9)10-2-6-3/h2,7H,1H3,(H,8,9). The highest BCUT2D eigenvalue weighted by Gasteiger charge is 2.02. The van der Waals surface area contributed by atoms with E-state index in [0.717, 1.165) is 0 Å². The van der Waals surface area contributed by atoms with Crippen LogP contribution in [0.5, 0.6) is 0 Å². The fourth-order valence-corrected chi connectivity index (χ4v) is 1.20. The van der Waals surface area contributed by atoms with Gasteiger partial charge in [0, 0.05) is 0 Å². The highest BCUT2D eigenvalue weighted by molar-refractivity contribution is 7.14. The molecule has 2 N–H and O–H groups in total. The van der Waals surface area contributed by atoms with Gasteiger partial charge < -0.3 is 5.11 Å². The predicted molar refractivity (Wildman–Crippen MR) is 38.5 cm³/mol. The van der Waals surface area contributed by atoms with E-state index in [1.165, 1.54) is 11.3 Å². The molecule has 0 aliphatic carbocycles. The number of aryl methyl sites for hydroxylation is 1. The lowest BCUT2D eigenvalue weighted by atomic mass is 10.5. The third-order valence-electron chi connectivity index (χ3n) is 0.966. The van der Waals surface area contributed by atoms with Crippen molar-refractivity contribution in [2.75, 3.05) is 5.32 Å². The van der Waals surface area contributed by atoms with E-state index < -0.39 is 6.09 Å². The molecule has 1 aromatic heterocycles. The highest BCUT2D eigenvalue weighted by Crippen LogP contribution is 2.17. The van der Waals surface area contributed by atoms with Crippen molar-refractivity contribution in [1.29, 1.82) is 0 Å². The summed E-state index contributed by atoms with van der Waals surface area (Å²) >= 11 is 1.27. The fourth-order valence-electron chi connectivity index (χ4n) is 0.519. The van der Waals surface area contributed by atoms with E-state index in [1.807, 2.05) is 0 Å². The van der Waals surface area contributed by atoms with Crippen LogP contribution in [0.25, 0.3) is 0 Å². The molecule has 1 rings (SSSR count). The Labute approximate surface area is 61.5 Å². The first kappa shape index (κ1) is 7.01. The predicted octanol–water partition coefficient (Wildman–Crippen LogP) is 1.54. The van der Waals surface area contributed by atoms with Gasteiger partial charge in [-0.3, -0.25) is 5.32 Å². The summed E-state index contributed by atoms with van der Waals surface area (Å²) in [6.45, 7) is 1.75. The van der Waals surface area contributed by atoms with Gasteiger partial charge in [-0.25, -0.2) is 9.78 Å². The molecule has 0 aromatic carbocycles. The molecule has 0 aliphatic rings. The first-order valence-electron chi connectivity index (χ1n) is 2.60. The molecule has 0 spiro atoms. The molecule has 1 amide bonds. The monoisotopic (exact) mass is 158 g/mol. The van der Waals surface area contributed by atoms with Gasteiger partial charge in [0.15, 0.2) is 0 Å². The maximum absolute atomic E-state index is 10.1. The molecule has 54 valence electrons. The SMILES string of the molecule is Cc1ncsc1NC(=O)O. The average Bonchev–Trinajstić information content (AvgIpc) is 2.15. The second-order valence-corrected chi connectivity index (χ2v) is 2.55. The zero-order chi connectivity index (χ0) is 7.56. The van der Waals surface area contributed by atoms with Gasteiger partial charge in [0.1, 0.15) is 5.00 Å². The number of nitrogens with zero attached hydrogens (tertiary/aromatic N) is 1. The molecule has 0 radical (unpaired) electrons. The van der Waals surface area contributed by atoms with Crippen LogP contribution < -0.4 is 5.32 Å². The fraction of sp³-hybridized carbons (Fsp3) is 0.200. The number of carbonyl (C=O) groups is 1. The smallest absolute Gasteiger partial charge is 0.409 e. The van der Waals surface area contributed by atoms with E-state index in [-0.39, 0.29) is 0 Å². The van der Waals surface area contributed by atoms with Crippen molar-refractivity contribution in [1.82, 2.24) is 4.98 Å². The highest BCUT2D eigenvalue weighted by atomic mass is 32.1. The summed E-state index contributed by atoms with van der Waals surface area (Å²) < 4.78 is 0. The van der Waals surface area contributed by atoms with Gasteiger partial charge in [0.05, 0.1) is 11.2 Å². The van der Waals surface area contributed by atoms with Gasteiger partial charge in [-0.2, -0.15) is 0 Å². The van der Waals surface area contributed by atoms with Crippen molar-refractivity contribution in [3.8, 4) is 0 Å². The quantitative estimate of drug-likeness (QED) is 0.651. The van der Waals surface area contributed by atoms with Crippen LogP contribution in [0.4, 0.5) is 9.80 Å². The van der Waals surface area contributed by atoms with Crippen LogP contribution in [-0.2, 0) is 0 Å². The molecule has 0 unspecified atom stereocenters. The van der Waals surface area contributed by atoms with Crippen molar-refractivity contribution in [3.05, 3.63) is 11.2 Å². The molecule has 0 saturated heterocycles. The molecule has 0 fully saturated rings. The first-order valence-corrected chi connectivity index (χ1v) is 3.48. The molecule has 10 heavy (non-hydrogen) atoms. The van der Waals surface area contributed by atoms with Gasteiger partial charge in [0.2, 0.25) is 0 Å². The number of amides is 1. The Balaban J connectivity index is 2.74. The second-order valence-electron chi connectivity index (χ2n) is 1.70. The summed E-state index contributed by atoms with van der Waals surface area (Å²) in [7, 11) is 0. The summed E-state index contributed by atoms with van der Waals surface area (Å²) in [5.74, 6) is 0. The van der Waals surface area contributed by atoms with Crippen LogP contribution in [-0.4, -0.2) is 16.2 Å². The molecule has 0 aliphatic heterocycles. The maximum atomic E-state index is 10.1. The Hall–Kier alpha value is -1.10. The van der Waals surface area contributed by atoms with Crippen LogP contribution >= 0.6 is 11.3 Å². The van der Waals surface area contributed by atoms with E-state index in [2.05, 4.69) is 10.3 Å².